The van der Waals surface area contributed by atoms with E-state index in [1.165, 1.54) is 41.8 Å². The fraction of sp³-hybridized carbons (Fsp3) is 0.667. The van der Waals surface area contributed by atoms with Gasteiger partial charge < -0.3 is 19.5 Å². The number of aromatic nitrogens is 1. The Kier molecular flexibility index (Phi) is 7.48. The Bertz CT molecular complexity index is 883. The molecular weight excluding hydrogens is 432 g/mol. The molecule has 3 atom stereocenters. The number of hydrogen-bond acceptors (Lipinski definition) is 6. The fourth-order valence-corrected chi connectivity index (χ4v) is 7.37. The fourth-order valence-electron chi connectivity index (χ4n) is 6.34. The molecule has 1 saturated carbocycles. The van der Waals surface area contributed by atoms with Crippen LogP contribution in [0.5, 0.6) is 0 Å². The van der Waals surface area contributed by atoms with Crippen LogP contribution in [-0.4, -0.2) is 50.6 Å². The summed E-state index contributed by atoms with van der Waals surface area (Å²) in [6.07, 6.45) is 11.4. The summed E-state index contributed by atoms with van der Waals surface area (Å²) in [6.45, 7) is 4.26. The van der Waals surface area contributed by atoms with E-state index in [0.717, 1.165) is 58.6 Å². The number of pyridine rings is 1. The molecule has 0 amide bonds. The van der Waals surface area contributed by atoms with Gasteiger partial charge in [0.05, 0.1) is 12.2 Å². The maximum atomic E-state index is 6.40. The van der Waals surface area contributed by atoms with E-state index in [0.29, 0.717) is 5.92 Å². The highest BCUT2D eigenvalue weighted by molar-refractivity contribution is 7.10. The van der Waals surface area contributed by atoms with Crippen LogP contribution in [0.1, 0.15) is 79.5 Å². The van der Waals surface area contributed by atoms with Gasteiger partial charge in [-0.2, -0.15) is 0 Å². The van der Waals surface area contributed by atoms with Gasteiger partial charge in [0.2, 0.25) is 0 Å². The summed E-state index contributed by atoms with van der Waals surface area (Å²) in [7, 11) is 1.77. The first kappa shape index (κ1) is 23.4. The van der Waals surface area contributed by atoms with Crippen LogP contribution in [0.2, 0.25) is 0 Å². The standard InChI is InChI=1S/C27H38N2O3S/c1-30-15-7-21-19-31-23(25-22(21)8-17-33-25)18-28-14-11-26(24-6-2-5-13-29-24)12-16-32-27(20-26)9-3-4-10-27/h2,5-6,8,13,17,21,23,28H,3-4,7,9-12,14-16,18-20H2,1H3/t21?,23?,26-/m1/s1. The Morgan fingerprint density at radius 2 is 2.12 bits per heavy atom. The van der Waals surface area contributed by atoms with E-state index in [4.69, 9.17) is 19.2 Å². The molecule has 3 aliphatic rings. The third kappa shape index (κ3) is 5.06. The molecule has 1 spiro atoms. The maximum absolute atomic E-state index is 6.40. The first-order valence-electron chi connectivity index (χ1n) is 12.7. The highest BCUT2D eigenvalue weighted by atomic mass is 32.1. The average Bonchev–Trinajstić information content (AvgIpc) is 3.52. The number of nitrogens with zero attached hydrogens (tertiary/aromatic N) is 1. The zero-order valence-electron chi connectivity index (χ0n) is 19.9. The number of rotatable bonds is 9. The SMILES string of the molecule is COCCC1COC(CNCC[C@@]2(c3ccccn3)CCOC3(CCCC3)C2)c2sccc21. The Morgan fingerprint density at radius 3 is 2.94 bits per heavy atom. The van der Waals surface area contributed by atoms with Gasteiger partial charge in [-0.25, -0.2) is 0 Å². The molecule has 33 heavy (non-hydrogen) atoms. The third-order valence-corrected chi connectivity index (χ3v) is 9.14. The van der Waals surface area contributed by atoms with Gasteiger partial charge in [0.15, 0.2) is 0 Å². The molecule has 2 aliphatic heterocycles. The molecule has 1 N–H and O–H groups in total. The molecule has 0 bridgehead atoms. The molecule has 0 aromatic carbocycles. The van der Waals surface area contributed by atoms with Gasteiger partial charge in [-0.05, 0) is 74.2 Å². The summed E-state index contributed by atoms with van der Waals surface area (Å²) in [5.41, 5.74) is 2.89. The van der Waals surface area contributed by atoms with Crippen molar-refractivity contribution < 1.29 is 14.2 Å². The van der Waals surface area contributed by atoms with Crippen molar-refractivity contribution in [2.45, 2.75) is 74.4 Å². The van der Waals surface area contributed by atoms with Gasteiger partial charge in [0, 0.05) is 55.0 Å². The van der Waals surface area contributed by atoms with E-state index in [1.54, 1.807) is 7.11 Å². The van der Waals surface area contributed by atoms with Gasteiger partial charge in [-0.3, -0.25) is 4.98 Å². The van der Waals surface area contributed by atoms with Crippen molar-refractivity contribution >= 4 is 11.3 Å². The van der Waals surface area contributed by atoms with E-state index < -0.39 is 0 Å². The van der Waals surface area contributed by atoms with Crippen molar-refractivity contribution in [1.82, 2.24) is 10.3 Å². The molecule has 2 aromatic rings. The predicted octanol–water partition coefficient (Wildman–Crippen LogP) is 5.38. The molecule has 5 rings (SSSR count). The van der Waals surface area contributed by atoms with Crippen molar-refractivity contribution in [3.63, 3.8) is 0 Å². The minimum atomic E-state index is 0.0747. The lowest BCUT2D eigenvalue weighted by molar-refractivity contribution is -0.104. The highest BCUT2D eigenvalue weighted by Crippen LogP contribution is 2.49. The van der Waals surface area contributed by atoms with Crippen molar-refractivity contribution in [2.24, 2.45) is 0 Å². The lowest BCUT2D eigenvalue weighted by Crippen LogP contribution is -2.47. The van der Waals surface area contributed by atoms with Crippen molar-refractivity contribution in [3.05, 3.63) is 52.0 Å². The van der Waals surface area contributed by atoms with Gasteiger partial charge in [-0.1, -0.05) is 18.9 Å². The van der Waals surface area contributed by atoms with E-state index in [2.05, 4.69) is 28.9 Å². The van der Waals surface area contributed by atoms with E-state index in [1.807, 2.05) is 23.6 Å². The molecule has 2 fully saturated rings. The Hall–Kier alpha value is -1.31. The monoisotopic (exact) mass is 470 g/mol. The van der Waals surface area contributed by atoms with Gasteiger partial charge in [-0.15, -0.1) is 11.3 Å². The van der Waals surface area contributed by atoms with Crippen LogP contribution in [0, 0.1) is 0 Å². The van der Waals surface area contributed by atoms with Crippen LogP contribution < -0.4 is 5.32 Å². The molecule has 6 heteroatoms. The number of nitrogens with one attached hydrogen (secondary N) is 1. The Balaban J connectivity index is 1.22. The first-order valence-corrected chi connectivity index (χ1v) is 13.6. The maximum Gasteiger partial charge on any atom is 0.104 e. The van der Waals surface area contributed by atoms with Crippen molar-refractivity contribution in [3.8, 4) is 0 Å². The summed E-state index contributed by atoms with van der Waals surface area (Å²) in [4.78, 5) is 6.23. The van der Waals surface area contributed by atoms with Crippen LogP contribution in [0.3, 0.4) is 0 Å². The summed E-state index contributed by atoms with van der Waals surface area (Å²) < 4.78 is 18.0. The zero-order chi connectivity index (χ0) is 22.6. The zero-order valence-corrected chi connectivity index (χ0v) is 20.7. The molecule has 180 valence electrons. The van der Waals surface area contributed by atoms with Crippen molar-refractivity contribution in [1.29, 1.82) is 0 Å². The molecule has 4 heterocycles. The quantitative estimate of drug-likeness (QED) is 0.499. The second-order valence-corrected chi connectivity index (χ2v) is 11.1. The van der Waals surface area contributed by atoms with E-state index in [-0.39, 0.29) is 17.1 Å². The van der Waals surface area contributed by atoms with Crippen LogP contribution in [0.15, 0.2) is 35.8 Å². The lowest BCUT2D eigenvalue weighted by atomic mass is 9.68. The minimum absolute atomic E-state index is 0.0747. The second-order valence-electron chi connectivity index (χ2n) is 10.2. The lowest BCUT2D eigenvalue weighted by Gasteiger charge is -2.46. The first-order chi connectivity index (χ1) is 16.2. The highest BCUT2D eigenvalue weighted by Gasteiger charge is 2.48. The van der Waals surface area contributed by atoms with Gasteiger partial charge in [0.25, 0.3) is 0 Å². The number of fused-ring (bicyclic) bond motifs is 1. The predicted molar refractivity (Wildman–Crippen MR) is 132 cm³/mol. The smallest absolute Gasteiger partial charge is 0.104 e. The van der Waals surface area contributed by atoms with Crippen LogP contribution in [0.25, 0.3) is 0 Å². The minimum Gasteiger partial charge on any atom is -0.385 e. The molecule has 5 nitrogen and oxygen atoms in total. The third-order valence-electron chi connectivity index (χ3n) is 8.11. The second kappa shape index (κ2) is 10.5. The van der Waals surface area contributed by atoms with Crippen molar-refractivity contribution in [2.75, 3.05) is 40.0 Å². The molecule has 1 aliphatic carbocycles. The summed E-state index contributed by atoms with van der Waals surface area (Å²) in [6, 6.07) is 8.69. The molecule has 2 aromatic heterocycles. The summed E-state index contributed by atoms with van der Waals surface area (Å²) in [5.74, 6) is 0.458. The topological polar surface area (TPSA) is 52.6 Å². The van der Waals surface area contributed by atoms with E-state index >= 15 is 0 Å². The Morgan fingerprint density at radius 1 is 1.21 bits per heavy atom. The number of thiophene rings is 1. The number of methoxy groups -OCH3 is 1. The van der Waals surface area contributed by atoms with E-state index in [9.17, 15) is 0 Å². The molecular formula is C27H38N2O3S. The van der Waals surface area contributed by atoms with Crippen LogP contribution in [-0.2, 0) is 19.6 Å². The average molecular weight is 471 g/mol. The Labute approximate surface area is 202 Å². The van der Waals surface area contributed by atoms with Gasteiger partial charge >= 0.3 is 0 Å². The van der Waals surface area contributed by atoms with Gasteiger partial charge in [0.1, 0.15) is 6.10 Å². The molecule has 2 unspecified atom stereocenters. The molecule has 0 radical (unpaired) electrons. The summed E-state index contributed by atoms with van der Waals surface area (Å²) >= 11 is 1.83. The number of ether oxygens (including phenoxy) is 3. The molecule has 1 saturated heterocycles. The normalized spacial score (nSPS) is 28.8. The number of hydrogen-bond donors (Lipinski definition) is 1. The summed E-state index contributed by atoms with van der Waals surface area (Å²) in [5, 5.41) is 5.97. The largest absolute Gasteiger partial charge is 0.385 e. The van der Waals surface area contributed by atoms with Crippen LogP contribution in [0.4, 0.5) is 0 Å². The van der Waals surface area contributed by atoms with Crippen LogP contribution >= 0.6 is 11.3 Å².